The number of hydrogen-bond donors (Lipinski definition) is 0. The maximum absolute atomic E-state index is 12.0. The fourth-order valence-corrected chi connectivity index (χ4v) is 3.08. The molecular formula is C14H23NO3. The Hall–Kier alpha value is -1.06. The lowest BCUT2D eigenvalue weighted by molar-refractivity contribution is -0.121. The minimum atomic E-state index is -0.454. The van der Waals surface area contributed by atoms with Crippen LogP contribution < -0.4 is 0 Å². The standard InChI is InChI=1S/C14H23NO3/c1-10-11(16)5-6-14(10)7-8-15(9-14)12(17)18-13(2,3)4/h10H,5-9H2,1-4H3. The van der Waals surface area contributed by atoms with Crippen molar-refractivity contribution >= 4 is 11.9 Å². The van der Waals surface area contributed by atoms with Crippen LogP contribution in [0.5, 0.6) is 0 Å². The monoisotopic (exact) mass is 253 g/mol. The highest BCUT2D eigenvalue weighted by atomic mass is 16.6. The highest BCUT2D eigenvalue weighted by Gasteiger charge is 2.50. The fourth-order valence-electron chi connectivity index (χ4n) is 3.08. The van der Waals surface area contributed by atoms with Gasteiger partial charge < -0.3 is 9.64 Å². The number of rotatable bonds is 0. The van der Waals surface area contributed by atoms with Gasteiger partial charge in [-0.05, 0) is 39.0 Å². The van der Waals surface area contributed by atoms with Crippen LogP contribution in [0.15, 0.2) is 0 Å². The van der Waals surface area contributed by atoms with Gasteiger partial charge in [0.25, 0.3) is 0 Å². The molecule has 1 heterocycles. The second-order valence-electron chi connectivity index (χ2n) is 6.70. The molecule has 0 N–H and O–H groups in total. The van der Waals surface area contributed by atoms with Crippen LogP contribution in [0.1, 0.15) is 47.0 Å². The number of Topliss-reactive ketones (excluding diaryl/α,β-unsaturated/α-hetero) is 1. The van der Waals surface area contributed by atoms with Gasteiger partial charge in [0.15, 0.2) is 0 Å². The van der Waals surface area contributed by atoms with E-state index in [-0.39, 0.29) is 17.4 Å². The third-order valence-electron chi connectivity index (χ3n) is 4.31. The van der Waals surface area contributed by atoms with Gasteiger partial charge in [0, 0.05) is 25.4 Å². The van der Waals surface area contributed by atoms with Crippen molar-refractivity contribution in [2.24, 2.45) is 11.3 Å². The first-order valence-corrected chi connectivity index (χ1v) is 6.74. The molecule has 1 aliphatic carbocycles. The van der Waals surface area contributed by atoms with Crippen molar-refractivity contribution in [2.75, 3.05) is 13.1 Å². The summed E-state index contributed by atoms with van der Waals surface area (Å²) in [5.41, 5.74) is -0.433. The second-order valence-corrected chi connectivity index (χ2v) is 6.70. The molecule has 1 aliphatic heterocycles. The van der Waals surface area contributed by atoms with Crippen LogP contribution in [0.3, 0.4) is 0 Å². The van der Waals surface area contributed by atoms with E-state index in [9.17, 15) is 9.59 Å². The first kappa shape index (κ1) is 13.4. The van der Waals surface area contributed by atoms with E-state index in [4.69, 9.17) is 4.74 Å². The predicted molar refractivity (Wildman–Crippen MR) is 68.3 cm³/mol. The van der Waals surface area contributed by atoms with Gasteiger partial charge in [-0.15, -0.1) is 0 Å². The Bertz CT molecular complexity index is 372. The predicted octanol–water partition coefficient (Wildman–Crippen LogP) is 2.61. The minimum absolute atomic E-state index is 0.0218. The maximum atomic E-state index is 12.0. The quantitative estimate of drug-likeness (QED) is 0.666. The average Bonchev–Trinajstić information content (AvgIpc) is 2.78. The van der Waals surface area contributed by atoms with Gasteiger partial charge in [-0.25, -0.2) is 4.79 Å². The lowest BCUT2D eigenvalue weighted by Crippen LogP contribution is -2.38. The molecule has 102 valence electrons. The van der Waals surface area contributed by atoms with E-state index >= 15 is 0 Å². The van der Waals surface area contributed by atoms with E-state index in [0.29, 0.717) is 25.3 Å². The van der Waals surface area contributed by atoms with Gasteiger partial charge in [-0.2, -0.15) is 0 Å². The normalized spacial score (nSPS) is 32.3. The van der Waals surface area contributed by atoms with Gasteiger partial charge in [0.1, 0.15) is 11.4 Å². The highest BCUT2D eigenvalue weighted by Crippen LogP contribution is 2.47. The summed E-state index contributed by atoms with van der Waals surface area (Å²) in [5, 5.41) is 0. The van der Waals surface area contributed by atoms with Crippen LogP contribution in [0.2, 0.25) is 0 Å². The summed E-state index contributed by atoms with van der Waals surface area (Å²) in [5.74, 6) is 0.436. The molecule has 2 aliphatic rings. The summed E-state index contributed by atoms with van der Waals surface area (Å²) in [7, 11) is 0. The number of likely N-dealkylation sites (tertiary alicyclic amines) is 1. The summed E-state index contributed by atoms with van der Waals surface area (Å²) in [6, 6.07) is 0. The summed E-state index contributed by atoms with van der Waals surface area (Å²) in [6.45, 7) is 9.02. The van der Waals surface area contributed by atoms with Gasteiger partial charge in [-0.3, -0.25) is 4.79 Å². The van der Waals surface area contributed by atoms with Crippen LogP contribution in [0.25, 0.3) is 0 Å². The molecule has 0 aromatic carbocycles. The fraction of sp³-hybridized carbons (Fsp3) is 0.857. The Morgan fingerprint density at radius 1 is 1.39 bits per heavy atom. The van der Waals surface area contributed by atoms with Gasteiger partial charge in [0.2, 0.25) is 0 Å². The van der Waals surface area contributed by atoms with Gasteiger partial charge >= 0.3 is 6.09 Å². The van der Waals surface area contributed by atoms with Crippen LogP contribution >= 0.6 is 0 Å². The third-order valence-corrected chi connectivity index (χ3v) is 4.31. The van der Waals surface area contributed by atoms with E-state index in [1.165, 1.54) is 0 Å². The molecule has 2 unspecified atom stereocenters. The topological polar surface area (TPSA) is 46.6 Å². The molecule has 4 nitrogen and oxygen atoms in total. The van der Waals surface area contributed by atoms with Crippen molar-refractivity contribution in [3.8, 4) is 0 Å². The van der Waals surface area contributed by atoms with Gasteiger partial charge in [0.05, 0.1) is 0 Å². The average molecular weight is 253 g/mol. The van der Waals surface area contributed by atoms with Crippen molar-refractivity contribution < 1.29 is 14.3 Å². The Labute approximate surface area is 109 Å². The van der Waals surface area contributed by atoms with E-state index in [1.54, 1.807) is 4.90 Å². The molecule has 0 bridgehead atoms. The maximum Gasteiger partial charge on any atom is 0.410 e. The summed E-state index contributed by atoms with van der Waals surface area (Å²) in [6.07, 6.45) is 2.28. The Balaban J connectivity index is 2.01. The van der Waals surface area contributed by atoms with Crippen molar-refractivity contribution in [1.29, 1.82) is 0 Å². The molecule has 4 heteroatoms. The smallest absolute Gasteiger partial charge is 0.410 e. The molecule has 1 saturated heterocycles. The van der Waals surface area contributed by atoms with Crippen LogP contribution in [0, 0.1) is 11.3 Å². The molecule has 2 fully saturated rings. The number of ketones is 1. The molecule has 0 radical (unpaired) electrons. The number of carbonyl (C=O) groups excluding carboxylic acids is 2. The number of ether oxygens (including phenoxy) is 1. The van der Waals surface area contributed by atoms with Crippen LogP contribution in [-0.4, -0.2) is 35.5 Å². The summed E-state index contributed by atoms with van der Waals surface area (Å²) < 4.78 is 5.39. The number of carbonyl (C=O) groups is 2. The minimum Gasteiger partial charge on any atom is -0.444 e. The molecule has 2 rings (SSSR count). The molecule has 1 spiro atoms. The Kier molecular flexibility index (Phi) is 3.16. The summed E-state index contributed by atoms with van der Waals surface area (Å²) >= 11 is 0. The van der Waals surface area contributed by atoms with E-state index in [1.807, 2.05) is 27.7 Å². The number of nitrogens with zero attached hydrogens (tertiary/aromatic N) is 1. The van der Waals surface area contributed by atoms with Crippen molar-refractivity contribution in [2.45, 2.75) is 52.6 Å². The van der Waals surface area contributed by atoms with Crippen molar-refractivity contribution in [3.63, 3.8) is 0 Å². The zero-order valence-electron chi connectivity index (χ0n) is 11.8. The van der Waals surface area contributed by atoms with E-state index < -0.39 is 5.60 Å². The second kappa shape index (κ2) is 4.25. The molecule has 0 aromatic rings. The third kappa shape index (κ3) is 2.38. The molecule has 2 atom stereocenters. The number of hydrogen-bond acceptors (Lipinski definition) is 3. The van der Waals surface area contributed by atoms with Crippen LogP contribution in [-0.2, 0) is 9.53 Å². The largest absolute Gasteiger partial charge is 0.444 e. The summed E-state index contributed by atoms with van der Waals surface area (Å²) in [4.78, 5) is 25.5. The lowest BCUT2D eigenvalue weighted by Gasteiger charge is -2.29. The van der Waals surface area contributed by atoms with Crippen molar-refractivity contribution in [1.82, 2.24) is 4.90 Å². The van der Waals surface area contributed by atoms with Crippen molar-refractivity contribution in [3.05, 3.63) is 0 Å². The lowest BCUT2D eigenvalue weighted by atomic mass is 9.78. The van der Waals surface area contributed by atoms with E-state index in [2.05, 4.69) is 0 Å². The Morgan fingerprint density at radius 3 is 2.56 bits per heavy atom. The first-order chi connectivity index (χ1) is 8.23. The molecular weight excluding hydrogens is 230 g/mol. The Morgan fingerprint density at radius 2 is 2.06 bits per heavy atom. The molecule has 1 saturated carbocycles. The zero-order chi connectivity index (χ0) is 13.6. The van der Waals surface area contributed by atoms with E-state index in [0.717, 1.165) is 12.8 Å². The molecule has 18 heavy (non-hydrogen) atoms. The molecule has 1 amide bonds. The number of amides is 1. The SMILES string of the molecule is CC1C(=O)CCC12CCN(C(=O)OC(C)(C)C)C2. The van der Waals surface area contributed by atoms with Gasteiger partial charge in [-0.1, -0.05) is 6.92 Å². The van der Waals surface area contributed by atoms with Crippen LogP contribution in [0.4, 0.5) is 4.79 Å². The zero-order valence-corrected chi connectivity index (χ0v) is 11.8. The highest BCUT2D eigenvalue weighted by molar-refractivity contribution is 5.84. The first-order valence-electron chi connectivity index (χ1n) is 6.74. The molecule has 0 aromatic heterocycles.